The third-order valence-corrected chi connectivity index (χ3v) is 1.67. The van der Waals surface area contributed by atoms with E-state index in [2.05, 4.69) is 5.32 Å². The third-order valence-electron chi connectivity index (χ3n) is 0.759. The summed E-state index contributed by atoms with van der Waals surface area (Å²) in [6.07, 6.45) is 1.84. The summed E-state index contributed by atoms with van der Waals surface area (Å²) in [5.41, 5.74) is 0. The molecule has 0 fully saturated rings. The molecule has 0 bridgehead atoms. The molecule has 2 nitrogen and oxygen atoms in total. The minimum atomic E-state index is 0.206. The van der Waals surface area contributed by atoms with E-state index >= 15 is 0 Å². The van der Waals surface area contributed by atoms with Crippen LogP contribution in [0, 0.1) is 0 Å². The smallest absolute Gasteiger partial charge is 0.0992 e. The highest BCUT2D eigenvalue weighted by Crippen LogP contribution is 2.13. The standard InChI is InChI=1S/C4H7NOS/c6-3-4-5-1-2-7-4/h1-2,4-6H,3H2. The molecule has 3 heteroatoms. The van der Waals surface area contributed by atoms with E-state index in [-0.39, 0.29) is 12.0 Å². The van der Waals surface area contributed by atoms with E-state index in [0.717, 1.165) is 0 Å². The van der Waals surface area contributed by atoms with Gasteiger partial charge in [-0.05, 0) is 5.41 Å². The average Bonchev–Trinajstić information content (AvgIpc) is 2.14. The van der Waals surface area contributed by atoms with Crippen molar-refractivity contribution in [1.29, 1.82) is 0 Å². The van der Waals surface area contributed by atoms with Gasteiger partial charge in [0.25, 0.3) is 0 Å². The number of aliphatic hydroxyl groups is 1. The van der Waals surface area contributed by atoms with Crippen molar-refractivity contribution in [1.82, 2.24) is 5.32 Å². The molecule has 0 aromatic rings. The minimum Gasteiger partial charge on any atom is -0.393 e. The third kappa shape index (κ3) is 1.11. The van der Waals surface area contributed by atoms with Gasteiger partial charge in [-0.2, -0.15) is 0 Å². The average molecular weight is 117 g/mol. The van der Waals surface area contributed by atoms with Crippen molar-refractivity contribution < 1.29 is 5.11 Å². The number of nitrogens with one attached hydrogen (secondary N) is 1. The predicted octanol–water partition coefficient (Wildman–Crippen LogP) is 0.112. The van der Waals surface area contributed by atoms with E-state index in [4.69, 9.17) is 5.11 Å². The number of hydrogen-bond acceptors (Lipinski definition) is 3. The van der Waals surface area contributed by atoms with Gasteiger partial charge in [0.15, 0.2) is 0 Å². The Balaban J connectivity index is 2.22. The summed E-state index contributed by atoms with van der Waals surface area (Å²) in [6, 6.07) is 0. The minimum absolute atomic E-state index is 0.206. The van der Waals surface area contributed by atoms with Gasteiger partial charge in [0.05, 0.1) is 12.0 Å². The lowest BCUT2D eigenvalue weighted by atomic mass is 10.7. The lowest BCUT2D eigenvalue weighted by Crippen LogP contribution is -2.19. The lowest BCUT2D eigenvalue weighted by Gasteiger charge is -2.02. The molecule has 0 spiro atoms. The Bertz CT molecular complexity index is 75.8. The van der Waals surface area contributed by atoms with Crippen LogP contribution < -0.4 is 5.32 Å². The Morgan fingerprint density at radius 3 is 3.00 bits per heavy atom. The van der Waals surface area contributed by atoms with Gasteiger partial charge < -0.3 is 10.4 Å². The molecule has 1 heterocycles. The number of rotatable bonds is 1. The summed E-state index contributed by atoms with van der Waals surface area (Å²) in [6.45, 7) is 0.206. The van der Waals surface area contributed by atoms with Crippen LogP contribution in [0.1, 0.15) is 0 Å². The van der Waals surface area contributed by atoms with E-state index in [0.29, 0.717) is 0 Å². The molecule has 0 saturated carbocycles. The van der Waals surface area contributed by atoms with Crippen molar-refractivity contribution in [2.75, 3.05) is 6.61 Å². The van der Waals surface area contributed by atoms with Crippen LogP contribution in [-0.2, 0) is 0 Å². The van der Waals surface area contributed by atoms with Gasteiger partial charge in [-0.15, -0.1) is 11.8 Å². The van der Waals surface area contributed by atoms with Gasteiger partial charge in [-0.25, -0.2) is 0 Å². The molecule has 1 aliphatic heterocycles. The van der Waals surface area contributed by atoms with Crippen LogP contribution in [-0.4, -0.2) is 17.1 Å². The molecule has 7 heavy (non-hydrogen) atoms. The van der Waals surface area contributed by atoms with Crippen LogP contribution in [0.25, 0.3) is 0 Å². The highest BCUT2D eigenvalue weighted by atomic mass is 32.2. The first kappa shape index (κ1) is 5.00. The molecule has 0 amide bonds. The van der Waals surface area contributed by atoms with Crippen molar-refractivity contribution >= 4 is 11.8 Å². The molecule has 0 radical (unpaired) electrons. The summed E-state index contributed by atoms with van der Waals surface area (Å²) < 4.78 is 0. The van der Waals surface area contributed by atoms with Crippen molar-refractivity contribution in [3.8, 4) is 0 Å². The molecule has 0 aromatic carbocycles. The monoisotopic (exact) mass is 117 g/mol. The molecular weight excluding hydrogens is 110 g/mol. The highest BCUT2D eigenvalue weighted by molar-refractivity contribution is 8.02. The topological polar surface area (TPSA) is 32.3 Å². The second-order valence-electron chi connectivity index (χ2n) is 1.28. The van der Waals surface area contributed by atoms with Crippen LogP contribution in [0.2, 0.25) is 0 Å². The highest BCUT2D eigenvalue weighted by Gasteiger charge is 2.05. The molecule has 2 N–H and O–H groups in total. The van der Waals surface area contributed by atoms with Gasteiger partial charge >= 0.3 is 0 Å². The zero-order valence-corrected chi connectivity index (χ0v) is 4.61. The largest absolute Gasteiger partial charge is 0.393 e. The van der Waals surface area contributed by atoms with Gasteiger partial charge in [-0.3, -0.25) is 0 Å². The normalized spacial score (nSPS) is 27.9. The summed E-state index contributed by atoms with van der Waals surface area (Å²) in [5.74, 6) is 0. The van der Waals surface area contributed by atoms with Gasteiger partial charge in [-0.1, -0.05) is 0 Å². The fourth-order valence-corrected chi connectivity index (χ4v) is 1.01. The lowest BCUT2D eigenvalue weighted by molar-refractivity contribution is 0.288. The van der Waals surface area contributed by atoms with Gasteiger partial charge in [0.2, 0.25) is 0 Å². The molecule has 0 saturated heterocycles. The maximum atomic E-state index is 8.44. The summed E-state index contributed by atoms with van der Waals surface area (Å²) in [7, 11) is 0. The summed E-state index contributed by atoms with van der Waals surface area (Å²) >= 11 is 1.60. The second-order valence-corrected chi connectivity index (χ2v) is 2.39. The molecule has 40 valence electrons. The first-order chi connectivity index (χ1) is 3.43. The predicted molar refractivity (Wildman–Crippen MR) is 30.7 cm³/mol. The van der Waals surface area contributed by atoms with Crippen molar-refractivity contribution in [2.24, 2.45) is 0 Å². The molecule has 1 atom stereocenters. The zero-order valence-electron chi connectivity index (χ0n) is 3.79. The van der Waals surface area contributed by atoms with Crippen molar-refractivity contribution in [3.05, 3.63) is 11.6 Å². The summed E-state index contributed by atoms with van der Waals surface area (Å²) in [4.78, 5) is 0. The van der Waals surface area contributed by atoms with E-state index in [1.807, 2.05) is 11.6 Å². The molecule has 1 aliphatic rings. The van der Waals surface area contributed by atoms with Gasteiger partial charge in [0, 0.05) is 6.20 Å². The van der Waals surface area contributed by atoms with Gasteiger partial charge in [0.1, 0.15) is 0 Å². The number of aliphatic hydroxyl groups excluding tert-OH is 1. The number of hydrogen-bond donors (Lipinski definition) is 2. The molecule has 1 rings (SSSR count). The van der Waals surface area contributed by atoms with Crippen molar-refractivity contribution in [3.63, 3.8) is 0 Å². The Labute approximate surface area is 46.6 Å². The van der Waals surface area contributed by atoms with Crippen LogP contribution in [0.15, 0.2) is 11.6 Å². The first-order valence-corrected chi connectivity index (χ1v) is 3.05. The Morgan fingerprint density at radius 2 is 2.71 bits per heavy atom. The molecule has 1 unspecified atom stereocenters. The van der Waals surface area contributed by atoms with E-state index < -0.39 is 0 Å². The van der Waals surface area contributed by atoms with Crippen molar-refractivity contribution in [2.45, 2.75) is 5.37 Å². The van der Waals surface area contributed by atoms with E-state index in [1.54, 1.807) is 11.8 Å². The van der Waals surface area contributed by atoms with E-state index in [9.17, 15) is 0 Å². The SMILES string of the molecule is OCC1NC=CS1. The second kappa shape index (κ2) is 2.23. The molecular formula is C4H7NOS. The van der Waals surface area contributed by atoms with Crippen LogP contribution >= 0.6 is 11.8 Å². The molecule has 0 aromatic heterocycles. The van der Waals surface area contributed by atoms with Crippen LogP contribution in [0.3, 0.4) is 0 Å². The Morgan fingerprint density at radius 1 is 1.86 bits per heavy atom. The van der Waals surface area contributed by atoms with Crippen LogP contribution in [0.5, 0.6) is 0 Å². The quantitative estimate of drug-likeness (QED) is 0.511. The fourth-order valence-electron chi connectivity index (χ4n) is 0.416. The maximum Gasteiger partial charge on any atom is 0.0992 e. The Kier molecular flexibility index (Phi) is 1.59. The molecule has 0 aliphatic carbocycles. The van der Waals surface area contributed by atoms with Crippen LogP contribution in [0.4, 0.5) is 0 Å². The number of thioether (sulfide) groups is 1. The fraction of sp³-hybridized carbons (Fsp3) is 0.500. The first-order valence-electron chi connectivity index (χ1n) is 2.11. The maximum absolute atomic E-state index is 8.44. The summed E-state index contributed by atoms with van der Waals surface area (Å²) in [5, 5.41) is 13.5. The van der Waals surface area contributed by atoms with E-state index in [1.165, 1.54) is 0 Å². The Hall–Kier alpha value is -0.150. The zero-order chi connectivity index (χ0) is 5.11.